The highest BCUT2D eigenvalue weighted by atomic mass is 32.2. The maximum absolute atomic E-state index is 13.1. The Morgan fingerprint density at radius 3 is 2.52 bits per heavy atom. The van der Waals surface area contributed by atoms with E-state index in [1.54, 1.807) is 22.5 Å². The number of rotatable bonds is 6. The van der Waals surface area contributed by atoms with Crippen LogP contribution in [0, 0.1) is 0 Å². The molecule has 1 N–H and O–H groups in total. The fraction of sp³-hybridized carbons (Fsp3) is 0.429. The summed E-state index contributed by atoms with van der Waals surface area (Å²) in [4.78, 5) is 1.61. The molecule has 29 heavy (non-hydrogen) atoms. The molecule has 0 aromatic heterocycles. The average molecular weight is 420 g/mol. The molecule has 1 saturated heterocycles. The molecular formula is C21H27N2O5S+. The van der Waals surface area contributed by atoms with E-state index in [0.29, 0.717) is 44.4 Å². The Kier molecular flexibility index (Phi) is 5.94. The number of benzene rings is 2. The molecule has 0 atom stereocenters. The second-order valence-electron chi connectivity index (χ2n) is 7.18. The average Bonchev–Trinajstić information content (AvgIpc) is 2.75. The number of ether oxygens (including phenoxy) is 3. The molecule has 2 aromatic rings. The van der Waals surface area contributed by atoms with Crippen molar-refractivity contribution in [2.75, 3.05) is 46.0 Å². The highest BCUT2D eigenvalue weighted by molar-refractivity contribution is 7.89. The van der Waals surface area contributed by atoms with E-state index < -0.39 is 10.0 Å². The first-order valence-corrected chi connectivity index (χ1v) is 11.5. The summed E-state index contributed by atoms with van der Waals surface area (Å²) < 4.78 is 44.5. The Morgan fingerprint density at radius 1 is 1.03 bits per heavy atom. The minimum absolute atomic E-state index is 0.256. The Bertz CT molecular complexity index is 955. The molecule has 0 spiro atoms. The van der Waals surface area contributed by atoms with Crippen molar-refractivity contribution < 1.29 is 27.5 Å². The fourth-order valence-corrected chi connectivity index (χ4v) is 5.23. The summed E-state index contributed by atoms with van der Waals surface area (Å²) in [6.45, 7) is 6.84. The van der Waals surface area contributed by atoms with Crippen LogP contribution in [0.2, 0.25) is 0 Å². The van der Waals surface area contributed by atoms with Gasteiger partial charge in [0.15, 0.2) is 11.5 Å². The standard InChI is InChI=1S/C21H26N2O5S/c1-2-26-19-6-4-3-5-17(19)16-22-9-11-23(12-10-22)29(24,25)18-7-8-20-21(15-18)28-14-13-27-20/h3-8,15H,2,9-14,16H2,1H3/p+1. The quantitative estimate of drug-likeness (QED) is 0.755. The number of piperazine rings is 1. The van der Waals surface area contributed by atoms with Crippen molar-refractivity contribution in [3.63, 3.8) is 0 Å². The number of nitrogens with zero attached hydrogens (tertiary/aromatic N) is 1. The number of nitrogens with one attached hydrogen (secondary N) is 1. The predicted octanol–water partition coefficient (Wildman–Crippen LogP) is 0.946. The normalized spacial score (nSPS) is 17.8. The molecule has 2 heterocycles. The van der Waals surface area contributed by atoms with Crippen molar-refractivity contribution in [3.8, 4) is 17.2 Å². The molecule has 2 aliphatic heterocycles. The summed E-state index contributed by atoms with van der Waals surface area (Å²) in [5, 5.41) is 0. The third kappa shape index (κ3) is 4.34. The largest absolute Gasteiger partial charge is 0.493 e. The molecule has 0 radical (unpaired) electrons. The van der Waals surface area contributed by atoms with Gasteiger partial charge in [-0.15, -0.1) is 0 Å². The Balaban J connectivity index is 1.41. The van der Waals surface area contributed by atoms with Gasteiger partial charge in [0.25, 0.3) is 0 Å². The maximum atomic E-state index is 13.1. The first-order valence-electron chi connectivity index (χ1n) is 10.0. The lowest BCUT2D eigenvalue weighted by Crippen LogP contribution is -3.13. The lowest BCUT2D eigenvalue weighted by atomic mass is 10.2. The number of sulfonamides is 1. The topological polar surface area (TPSA) is 69.5 Å². The van der Waals surface area contributed by atoms with Crippen LogP contribution >= 0.6 is 0 Å². The molecule has 8 heteroatoms. The van der Waals surface area contributed by atoms with E-state index >= 15 is 0 Å². The molecular weight excluding hydrogens is 392 g/mol. The highest BCUT2D eigenvalue weighted by Gasteiger charge is 2.31. The number of hydrogen-bond acceptors (Lipinski definition) is 5. The molecule has 0 bridgehead atoms. The van der Waals surface area contributed by atoms with Crippen LogP contribution in [0.4, 0.5) is 0 Å². The molecule has 0 unspecified atom stereocenters. The number of hydrogen-bond donors (Lipinski definition) is 1. The van der Waals surface area contributed by atoms with Crippen LogP contribution < -0.4 is 19.1 Å². The second-order valence-corrected chi connectivity index (χ2v) is 9.11. The van der Waals surface area contributed by atoms with E-state index in [2.05, 4.69) is 6.07 Å². The first-order chi connectivity index (χ1) is 14.1. The monoisotopic (exact) mass is 419 g/mol. The number of para-hydroxylation sites is 1. The summed E-state index contributed by atoms with van der Waals surface area (Å²) in [5.41, 5.74) is 1.16. The van der Waals surface area contributed by atoms with E-state index in [4.69, 9.17) is 14.2 Å². The van der Waals surface area contributed by atoms with Gasteiger partial charge in [-0.05, 0) is 31.2 Å². The summed E-state index contributed by atoms with van der Waals surface area (Å²) in [7, 11) is -3.55. The van der Waals surface area contributed by atoms with Gasteiger partial charge in [0.2, 0.25) is 10.0 Å². The maximum Gasteiger partial charge on any atom is 0.243 e. The van der Waals surface area contributed by atoms with Crippen molar-refractivity contribution in [2.45, 2.75) is 18.4 Å². The van der Waals surface area contributed by atoms with Gasteiger partial charge in [-0.25, -0.2) is 8.42 Å². The molecule has 1 fully saturated rings. The van der Waals surface area contributed by atoms with E-state index in [-0.39, 0.29) is 4.90 Å². The Labute approximate surface area is 171 Å². The zero-order chi connectivity index (χ0) is 20.3. The highest BCUT2D eigenvalue weighted by Crippen LogP contribution is 2.33. The van der Waals surface area contributed by atoms with Crippen molar-refractivity contribution in [1.29, 1.82) is 0 Å². The molecule has 0 aliphatic carbocycles. The minimum atomic E-state index is -3.55. The van der Waals surface area contributed by atoms with Crippen LogP contribution in [0.25, 0.3) is 0 Å². The van der Waals surface area contributed by atoms with E-state index in [1.807, 2.05) is 25.1 Å². The van der Waals surface area contributed by atoms with Gasteiger partial charge in [-0.2, -0.15) is 4.31 Å². The van der Waals surface area contributed by atoms with Gasteiger partial charge >= 0.3 is 0 Å². The van der Waals surface area contributed by atoms with E-state index in [9.17, 15) is 8.42 Å². The van der Waals surface area contributed by atoms with Crippen LogP contribution in [0.1, 0.15) is 12.5 Å². The van der Waals surface area contributed by atoms with E-state index in [1.165, 1.54) is 4.90 Å². The summed E-state index contributed by atoms with van der Waals surface area (Å²) >= 11 is 0. The van der Waals surface area contributed by atoms with Gasteiger partial charge in [-0.3, -0.25) is 0 Å². The van der Waals surface area contributed by atoms with Gasteiger partial charge in [0.05, 0.1) is 37.7 Å². The van der Waals surface area contributed by atoms with Gasteiger partial charge in [0.1, 0.15) is 25.5 Å². The van der Waals surface area contributed by atoms with Crippen molar-refractivity contribution in [3.05, 3.63) is 48.0 Å². The van der Waals surface area contributed by atoms with Gasteiger partial charge in [-0.1, -0.05) is 12.1 Å². The van der Waals surface area contributed by atoms with Crippen molar-refractivity contribution >= 4 is 10.0 Å². The zero-order valence-electron chi connectivity index (χ0n) is 16.6. The third-order valence-corrected chi connectivity index (χ3v) is 7.19. The molecule has 156 valence electrons. The zero-order valence-corrected chi connectivity index (χ0v) is 17.4. The first kappa shape index (κ1) is 20.0. The summed E-state index contributed by atoms with van der Waals surface area (Å²) in [5.74, 6) is 2.00. The van der Waals surface area contributed by atoms with E-state index in [0.717, 1.165) is 30.9 Å². The molecule has 4 rings (SSSR count). The number of fused-ring (bicyclic) bond motifs is 1. The molecule has 2 aliphatic rings. The predicted molar refractivity (Wildman–Crippen MR) is 108 cm³/mol. The van der Waals surface area contributed by atoms with Crippen molar-refractivity contribution in [1.82, 2.24) is 4.31 Å². The smallest absolute Gasteiger partial charge is 0.243 e. The summed E-state index contributed by atoms with van der Waals surface area (Å²) in [6, 6.07) is 12.9. The molecule has 2 aromatic carbocycles. The molecule has 0 saturated carbocycles. The minimum Gasteiger partial charge on any atom is -0.493 e. The van der Waals surface area contributed by atoms with Crippen LogP contribution in [0.15, 0.2) is 47.4 Å². The Hall–Kier alpha value is -2.29. The van der Waals surface area contributed by atoms with Crippen LogP contribution in [-0.2, 0) is 16.6 Å². The lowest BCUT2D eigenvalue weighted by molar-refractivity contribution is -0.917. The van der Waals surface area contributed by atoms with Crippen LogP contribution in [-0.4, -0.2) is 58.7 Å². The Morgan fingerprint density at radius 2 is 1.76 bits per heavy atom. The fourth-order valence-electron chi connectivity index (χ4n) is 3.77. The van der Waals surface area contributed by atoms with Gasteiger partial charge < -0.3 is 19.1 Å². The second kappa shape index (κ2) is 8.61. The summed E-state index contributed by atoms with van der Waals surface area (Å²) in [6.07, 6.45) is 0. The SMILES string of the molecule is CCOc1ccccc1C[NH+]1CCN(S(=O)(=O)c2ccc3c(c2)OCCO3)CC1. The molecule has 7 nitrogen and oxygen atoms in total. The van der Waals surface area contributed by atoms with Crippen molar-refractivity contribution in [2.24, 2.45) is 0 Å². The number of quaternary nitrogens is 1. The third-order valence-electron chi connectivity index (χ3n) is 5.29. The van der Waals surface area contributed by atoms with Crippen LogP contribution in [0.5, 0.6) is 17.2 Å². The lowest BCUT2D eigenvalue weighted by Gasteiger charge is -2.32. The van der Waals surface area contributed by atoms with Crippen LogP contribution in [0.3, 0.4) is 0 Å². The molecule has 0 amide bonds. The van der Waals surface area contributed by atoms with Gasteiger partial charge in [0, 0.05) is 11.6 Å².